The van der Waals surface area contributed by atoms with Crippen molar-refractivity contribution < 1.29 is 18.7 Å². The molecular weight excluding hydrogens is 294 g/mol. The van der Waals surface area contributed by atoms with E-state index in [0.29, 0.717) is 19.4 Å². The van der Waals surface area contributed by atoms with Gasteiger partial charge in [-0.15, -0.1) is 0 Å². The van der Waals surface area contributed by atoms with E-state index in [-0.39, 0.29) is 12.0 Å². The number of carbonyl (C=O) groups is 1. The van der Waals surface area contributed by atoms with Gasteiger partial charge in [0.25, 0.3) is 0 Å². The quantitative estimate of drug-likeness (QED) is 0.890. The van der Waals surface area contributed by atoms with Crippen LogP contribution in [0.25, 0.3) is 0 Å². The molecule has 1 amide bonds. The third-order valence-corrected chi connectivity index (χ3v) is 3.95. The van der Waals surface area contributed by atoms with Crippen LogP contribution in [0.5, 0.6) is 11.5 Å². The third-order valence-electron chi connectivity index (χ3n) is 3.95. The molecule has 0 spiro atoms. The monoisotopic (exact) mass is 315 g/mol. The molecule has 1 aromatic carbocycles. The topological polar surface area (TPSA) is 60.7 Å². The molecule has 0 unspecified atom stereocenters. The van der Waals surface area contributed by atoms with Gasteiger partial charge in [0.05, 0.1) is 13.4 Å². The van der Waals surface area contributed by atoms with Crippen LogP contribution in [0.2, 0.25) is 0 Å². The average molecular weight is 315 g/mol. The molecule has 0 fully saturated rings. The predicted octanol–water partition coefficient (Wildman–Crippen LogP) is 2.86. The Morgan fingerprint density at radius 1 is 1.43 bits per heavy atom. The Morgan fingerprint density at radius 2 is 2.30 bits per heavy atom. The molecule has 1 atom stereocenters. The summed E-state index contributed by atoms with van der Waals surface area (Å²) in [6, 6.07) is 7.66. The lowest BCUT2D eigenvalue weighted by Gasteiger charge is -2.12. The Labute approximate surface area is 135 Å². The van der Waals surface area contributed by atoms with Crippen LogP contribution >= 0.6 is 0 Å². The normalized spacial score (nSPS) is 15.8. The number of nitrogens with one attached hydrogen (secondary N) is 1. The summed E-state index contributed by atoms with van der Waals surface area (Å²) in [6.07, 6.45) is 3.69. The number of aryl methyl sites for hydroxylation is 1. The maximum absolute atomic E-state index is 12.0. The van der Waals surface area contributed by atoms with Crippen molar-refractivity contribution in [3.63, 3.8) is 0 Å². The highest BCUT2D eigenvalue weighted by Crippen LogP contribution is 2.34. The predicted molar refractivity (Wildman–Crippen MR) is 85.7 cm³/mol. The molecule has 2 aromatic rings. The van der Waals surface area contributed by atoms with Gasteiger partial charge in [-0.3, -0.25) is 4.79 Å². The molecule has 1 N–H and O–H groups in total. The molecular formula is C18H21NO4. The van der Waals surface area contributed by atoms with Crippen LogP contribution in [-0.4, -0.2) is 19.1 Å². The van der Waals surface area contributed by atoms with Crippen molar-refractivity contribution in [1.82, 2.24) is 5.32 Å². The van der Waals surface area contributed by atoms with Crippen LogP contribution < -0.4 is 14.8 Å². The van der Waals surface area contributed by atoms with Crippen LogP contribution in [-0.2, 0) is 24.2 Å². The summed E-state index contributed by atoms with van der Waals surface area (Å²) in [5.41, 5.74) is 2.08. The van der Waals surface area contributed by atoms with Gasteiger partial charge in [0, 0.05) is 36.9 Å². The van der Waals surface area contributed by atoms with Gasteiger partial charge in [-0.1, -0.05) is 0 Å². The second-order valence-electron chi connectivity index (χ2n) is 5.76. The number of hydrogen-bond donors (Lipinski definition) is 1. The van der Waals surface area contributed by atoms with Crippen LogP contribution in [0.4, 0.5) is 0 Å². The molecule has 1 aliphatic rings. The van der Waals surface area contributed by atoms with E-state index in [1.54, 1.807) is 13.4 Å². The fourth-order valence-electron chi connectivity index (χ4n) is 2.78. The summed E-state index contributed by atoms with van der Waals surface area (Å²) in [4.78, 5) is 12.0. The molecule has 1 aliphatic heterocycles. The van der Waals surface area contributed by atoms with Gasteiger partial charge < -0.3 is 19.2 Å². The SMILES string of the molecule is COc1cc2c(cc1CNC(=O)CCc1ccco1)O[C@@H](C)C2. The Morgan fingerprint density at radius 3 is 3.04 bits per heavy atom. The van der Waals surface area contributed by atoms with E-state index in [4.69, 9.17) is 13.9 Å². The van der Waals surface area contributed by atoms with Gasteiger partial charge in [0.2, 0.25) is 5.91 Å². The van der Waals surface area contributed by atoms with E-state index in [1.807, 2.05) is 31.2 Å². The van der Waals surface area contributed by atoms with Crippen LogP contribution in [0, 0.1) is 0 Å². The van der Waals surface area contributed by atoms with E-state index in [9.17, 15) is 4.79 Å². The molecule has 23 heavy (non-hydrogen) atoms. The molecule has 2 heterocycles. The average Bonchev–Trinajstić information content (AvgIpc) is 3.17. The highest BCUT2D eigenvalue weighted by Gasteiger charge is 2.21. The van der Waals surface area contributed by atoms with Crippen molar-refractivity contribution in [2.45, 2.75) is 38.8 Å². The molecule has 0 radical (unpaired) electrons. The molecule has 0 saturated heterocycles. The van der Waals surface area contributed by atoms with Crippen molar-refractivity contribution in [1.29, 1.82) is 0 Å². The first-order valence-corrected chi connectivity index (χ1v) is 7.81. The summed E-state index contributed by atoms with van der Waals surface area (Å²) < 4.78 is 16.4. The summed E-state index contributed by atoms with van der Waals surface area (Å²) in [7, 11) is 1.64. The molecule has 0 aliphatic carbocycles. The van der Waals surface area contributed by atoms with Crippen molar-refractivity contribution in [3.05, 3.63) is 47.4 Å². The first kappa shape index (κ1) is 15.5. The van der Waals surface area contributed by atoms with Gasteiger partial charge in [-0.2, -0.15) is 0 Å². The van der Waals surface area contributed by atoms with E-state index in [2.05, 4.69) is 5.32 Å². The molecule has 5 nitrogen and oxygen atoms in total. The highest BCUT2D eigenvalue weighted by molar-refractivity contribution is 5.76. The van der Waals surface area contributed by atoms with Crippen LogP contribution in [0.15, 0.2) is 34.9 Å². The standard InChI is InChI=1S/C18H21NO4/c1-12-8-13-9-16(21-2)14(10-17(13)23-12)11-19-18(20)6-5-15-4-3-7-22-15/h3-4,7,9-10,12H,5-6,8,11H2,1-2H3,(H,19,20)/t12-/m0/s1. The Bertz CT molecular complexity index is 679. The maximum Gasteiger partial charge on any atom is 0.220 e. The minimum atomic E-state index is -0.0155. The smallest absolute Gasteiger partial charge is 0.220 e. The van der Waals surface area contributed by atoms with Crippen molar-refractivity contribution in [3.8, 4) is 11.5 Å². The number of rotatable bonds is 6. The van der Waals surface area contributed by atoms with Crippen LogP contribution in [0.1, 0.15) is 30.2 Å². The number of fused-ring (bicyclic) bond motifs is 1. The number of ether oxygens (including phenoxy) is 2. The molecule has 3 rings (SSSR count). The zero-order valence-electron chi connectivity index (χ0n) is 13.4. The summed E-state index contributed by atoms with van der Waals surface area (Å²) in [5, 5.41) is 2.92. The Kier molecular flexibility index (Phi) is 4.55. The second kappa shape index (κ2) is 6.77. The minimum Gasteiger partial charge on any atom is -0.496 e. The largest absolute Gasteiger partial charge is 0.496 e. The van der Waals surface area contributed by atoms with Gasteiger partial charge in [-0.25, -0.2) is 0 Å². The Hall–Kier alpha value is -2.43. The van der Waals surface area contributed by atoms with Gasteiger partial charge >= 0.3 is 0 Å². The lowest BCUT2D eigenvalue weighted by molar-refractivity contribution is -0.121. The van der Waals surface area contributed by atoms with E-state index in [0.717, 1.165) is 34.8 Å². The first-order chi connectivity index (χ1) is 11.2. The number of furan rings is 1. The number of carbonyl (C=O) groups excluding carboxylic acids is 1. The van der Waals surface area contributed by atoms with Crippen molar-refractivity contribution in [2.24, 2.45) is 0 Å². The van der Waals surface area contributed by atoms with Crippen molar-refractivity contribution >= 4 is 5.91 Å². The third kappa shape index (κ3) is 3.67. The van der Waals surface area contributed by atoms with E-state index < -0.39 is 0 Å². The summed E-state index contributed by atoms with van der Waals surface area (Å²) >= 11 is 0. The van der Waals surface area contributed by atoms with Gasteiger partial charge in [0.1, 0.15) is 23.4 Å². The number of methoxy groups -OCH3 is 1. The lowest BCUT2D eigenvalue weighted by atomic mass is 10.1. The molecule has 0 bridgehead atoms. The van der Waals surface area contributed by atoms with Gasteiger partial charge in [-0.05, 0) is 31.2 Å². The molecule has 122 valence electrons. The van der Waals surface area contributed by atoms with E-state index >= 15 is 0 Å². The van der Waals surface area contributed by atoms with Gasteiger partial charge in [0.15, 0.2) is 0 Å². The summed E-state index contributed by atoms with van der Waals surface area (Å²) in [6.45, 7) is 2.47. The minimum absolute atomic E-state index is 0.0155. The van der Waals surface area contributed by atoms with E-state index in [1.165, 1.54) is 0 Å². The fourth-order valence-corrected chi connectivity index (χ4v) is 2.78. The number of hydrogen-bond acceptors (Lipinski definition) is 4. The molecule has 1 aromatic heterocycles. The fraction of sp³-hybridized carbons (Fsp3) is 0.389. The maximum atomic E-state index is 12.0. The van der Waals surface area contributed by atoms with Crippen LogP contribution in [0.3, 0.4) is 0 Å². The second-order valence-corrected chi connectivity index (χ2v) is 5.76. The summed E-state index contributed by atoms with van der Waals surface area (Å²) in [5.74, 6) is 2.47. The number of amides is 1. The van der Waals surface area contributed by atoms with Crippen molar-refractivity contribution in [2.75, 3.05) is 7.11 Å². The lowest BCUT2D eigenvalue weighted by Crippen LogP contribution is -2.23. The highest BCUT2D eigenvalue weighted by atomic mass is 16.5. The number of benzene rings is 1. The first-order valence-electron chi connectivity index (χ1n) is 7.81. The Balaban J connectivity index is 1.59. The zero-order valence-corrected chi connectivity index (χ0v) is 13.4. The molecule has 0 saturated carbocycles. The molecule has 5 heteroatoms. The zero-order chi connectivity index (χ0) is 16.2.